The van der Waals surface area contributed by atoms with Crippen LogP contribution in [0, 0.1) is 6.92 Å². The van der Waals surface area contributed by atoms with E-state index in [1.165, 1.54) is 11.3 Å². The Bertz CT molecular complexity index is 859. The number of hydrogen-bond donors (Lipinski definition) is 0. The zero-order valence-corrected chi connectivity index (χ0v) is 14.7. The minimum absolute atomic E-state index is 0.776. The highest BCUT2D eigenvalue weighted by atomic mass is 32.1. The Morgan fingerprint density at radius 2 is 1.96 bits per heavy atom. The van der Waals surface area contributed by atoms with Gasteiger partial charge in [0, 0.05) is 47.3 Å². The van der Waals surface area contributed by atoms with Crippen molar-refractivity contribution in [3.8, 4) is 11.4 Å². The quantitative estimate of drug-likeness (QED) is 0.730. The molecule has 0 N–H and O–H groups in total. The smallest absolute Gasteiger partial charge is 0.161 e. The molecule has 0 fully saturated rings. The molecule has 0 saturated carbocycles. The molecule has 0 atom stereocenters. The summed E-state index contributed by atoms with van der Waals surface area (Å²) in [4.78, 5) is 20.5. The highest BCUT2D eigenvalue weighted by molar-refractivity contribution is 7.09. The molecule has 0 spiro atoms. The van der Waals surface area contributed by atoms with Gasteiger partial charge in [0.2, 0.25) is 0 Å². The Morgan fingerprint density at radius 3 is 2.71 bits per heavy atom. The number of pyridine rings is 1. The van der Waals surface area contributed by atoms with Crippen molar-refractivity contribution in [2.24, 2.45) is 0 Å². The van der Waals surface area contributed by atoms with Gasteiger partial charge < -0.3 is 4.90 Å². The predicted octanol–water partition coefficient (Wildman–Crippen LogP) is 3.43. The van der Waals surface area contributed by atoms with E-state index in [1.807, 2.05) is 19.1 Å². The number of aromatic nitrogens is 4. The van der Waals surface area contributed by atoms with Gasteiger partial charge in [0.05, 0.1) is 6.54 Å². The van der Waals surface area contributed by atoms with E-state index >= 15 is 0 Å². The van der Waals surface area contributed by atoms with Crippen molar-refractivity contribution in [2.45, 2.75) is 32.7 Å². The molecule has 122 valence electrons. The Balaban J connectivity index is 1.72. The molecule has 5 nitrogen and oxygen atoms in total. The number of aryl methyl sites for hydroxylation is 2. The summed E-state index contributed by atoms with van der Waals surface area (Å²) >= 11 is 1.70. The molecule has 0 bridgehead atoms. The molecule has 4 rings (SSSR count). The molecular formula is C18H19N5S. The highest BCUT2D eigenvalue weighted by Crippen LogP contribution is 2.31. The van der Waals surface area contributed by atoms with Gasteiger partial charge >= 0.3 is 0 Å². The molecule has 0 aromatic carbocycles. The summed E-state index contributed by atoms with van der Waals surface area (Å²) in [5.41, 5.74) is 4.57. The van der Waals surface area contributed by atoms with Gasteiger partial charge in [-0.3, -0.25) is 4.98 Å². The maximum atomic E-state index is 4.88. The van der Waals surface area contributed by atoms with Crippen LogP contribution in [-0.2, 0) is 19.4 Å². The first-order valence-electron chi connectivity index (χ1n) is 8.13. The molecule has 6 heteroatoms. The second-order valence-electron chi connectivity index (χ2n) is 6.12. The third-order valence-electron chi connectivity index (χ3n) is 4.25. The van der Waals surface area contributed by atoms with Crippen molar-refractivity contribution in [1.82, 2.24) is 19.9 Å². The lowest BCUT2D eigenvalue weighted by Crippen LogP contribution is -2.20. The lowest BCUT2D eigenvalue weighted by molar-refractivity contribution is 0.862. The fourth-order valence-electron chi connectivity index (χ4n) is 3.11. The van der Waals surface area contributed by atoms with Crippen LogP contribution in [0.25, 0.3) is 11.4 Å². The van der Waals surface area contributed by atoms with Crippen molar-refractivity contribution in [1.29, 1.82) is 0 Å². The summed E-state index contributed by atoms with van der Waals surface area (Å²) in [6.45, 7) is 2.81. The van der Waals surface area contributed by atoms with Crippen molar-refractivity contribution < 1.29 is 0 Å². The fraction of sp³-hybridized carbons (Fsp3) is 0.333. The molecule has 0 radical (unpaired) electrons. The second kappa shape index (κ2) is 6.28. The molecule has 3 heterocycles. The molecule has 3 aromatic heterocycles. The number of thiazole rings is 1. The van der Waals surface area contributed by atoms with Gasteiger partial charge in [0.15, 0.2) is 5.82 Å². The fourth-order valence-corrected chi connectivity index (χ4v) is 3.94. The molecule has 0 saturated heterocycles. The van der Waals surface area contributed by atoms with Gasteiger partial charge in [-0.2, -0.15) is 0 Å². The van der Waals surface area contributed by atoms with E-state index in [0.29, 0.717) is 0 Å². The van der Waals surface area contributed by atoms with Gasteiger partial charge in [0.1, 0.15) is 10.8 Å². The minimum Gasteiger partial charge on any atom is -0.353 e. The number of anilines is 1. The summed E-state index contributed by atoms with van der Waals surface area (Å²) in [7, 11) is 2.09. The summed E-state index contributed by atoms with van der Waals surface area (Å²) in [5.74, 6) is 1.83. The molecule has 24 heavy (non-hydrogen) atoms. The monoisotopic (exact) mass is 337 g/mol. The molecule has 1 aliphatic carbocycles. The largest absolute Gasteiger partial charge is 0.353 e. The first-order valence-corrected chi connectivity index (χ1v) is 9.01. The summed E-state index contributed by atoms with van der Waals surface area (Å²) < 4.78 is 0. The third kappa shape index (κ3) is 2.89. The van der Waals surface area contributed by atoms with Gasteiger partial charge in [0.25, 0.3) is 0 Å². The zero-order chi connectivity index (χ0) is 16.5. The minimum atomic E-state index is 0.776. The average Bonchev–Trinajstić information content (AvgIpc) is 3.23. The van der Waals surface area contributed by atoms with Crippen LogP contribution in [0.1, 0.15) is 28.4 Å². The van der Waals surface area contributed by atoms with Gasteiger partial charge in [-0.05, 0) is 38.3 Å². The van der Waals surface area contributed by atoms with Crippen LogP contribution in [0.2, 0.25) is 0 Å². The Hall–Kier alpha value is -2.34. The first kappa shape index (κ1) is 15.2. The lowest BCUT2D eigenvalue weighted by Gasteiger charge is -2.20. The summed E-state index contributed by atoms with van der Waals surface area (Å²) in [6.07, 6.45) is 6.82. The SMILES string of the molecule is Cc1csc(CN(C)c2nc(-c3ccncc3)nc3c2CCC3)n1. The van der Waals surface area contributed by atoms with E-state index in [9.17, 15) is 0 Å². The maximum Gasteiger partial charge on any atom is 0.161 e. The number of hydrogen-bond acceptors (Lipinski definition) is 6. The number of nitrogens with zero attached hydrogens (tertiary/aromatic N) is 5. The van der Waals surface area contributed by atoms with Crippen molar-refractivity contribution in [3.05, 3.63) is 51.9 Å². The van der Waals surface area contributed by atoms with Gasteiger partial charge in [-0.25, -0.2) is 15.0 Å². The molecule has 0 aliphatic heterocycles. The Kier molecular flexibility index (Phi) is 3.98. The molecule has 0 unspecified atom stereocenters. The van der Waals surface area contributed by atoms with Crippen molar-refractivity contribution >= 4 is 17.2 Å². The topological polar surface area (TPSA) is 54.8 Å². The normalized spacial score (nSPS) is 13.1. The van der Waals surface area contributed by atoms with Gasteiger partial charge in [-0.15, -0.1) is 11.3 Å². The molecular weight excluding hydrogens is 318 g/mol. The van der Waals surface area contributed by atoms with E-state index < -0.39 is 0 Å². The summed E-state index contributed by atoms with van der Waals surface area (Å²) in [6, 6.07) is 3.93. The zero-order valence-electron chi connectivity index (χ0n) is 13.9. The molecule has 0 amide bonds. The van der Waals surface area contributed by atoms with Crippen LogP contribution in [0.4, 0.5) is 5.82 Å². The van der Waals surface area contributed by atoms with Gasteiger partial charge in [-0.1, -0.05) is 0 Å². The van der Waals surface area contributed by atoms with E-state index in [0.717, 1.165) is 53.7 Å². The van der Waals surface area contributed by atoms with E-state index in [4.69, 9.17) is 9.97 Å². The second-order valence-corrected chi connectivity index (χ2v) is 7.07. The van der Waals surface area contributed by atoms with Crippen molar-refractivity contribution in [3.63, 3.8) is 0 Å². The Morgan fingerprint density at radius 1 is 1.12 bits per heavy atom. The van der Waals surface area contributed by atoms with E-state index in [2.05, 4.69) is 27.3 Å². The van der Waals surface area contributed by atoms with Crippen LogP contribution in [0.15, 0.2) is 29.9 Å². The van der Waals surface area contributed by atoms with Crippen LogP contribution in [0.3, 0.4) is 0 Å². The Labute approximate surface area is 145 Å². The molecule has 3 aromatic rings. The average molecular weight is 337 g/mol. The first-order chi connectivity index (χ1) is 11.7. The highest BCUT2D eigenvalue weighted by Gasteiger charge is 2.22. The van der Waals surface area contributed by atoms with Crippen molar-refractivity contribution in [2.75, 3.05) is 11.9 Å². The lowest BCUT2D eigenvalue weighted by atomic mass is 10.2. The van der Waals surface area contributed by atoms with Crippen LogP contribution in [0.5, 0.6) is 0 Å². The van der Waals surface area contributed by atoms with Crippen LogP contribution >= 0.6 is 11.3 Å². The predicted molar refractivity (Wildman–Crippen MR) is 96.2 cm³/mol. The van der Waals surface area contributed by atoms with E-state index in [-0.39, 0.29) is 0 Å². The summed E-state index contributed by atoms with van der Waals surface area (Å²) in [5, 5.41) is 3.21. The molecule has 1 aliphatic rings. The van der Waals surface area contributed by atoms with Crippen LogP contribution < -0.4 is 4.90 Å². The third-order valence-corrected chi connectivity index (χ3v) is 5.20. The van der Waals surface area contributed by atoms with Crippen LogP contribution in [-0.4, -0.2) is 27.0 Å². The van der Waals surface area contributed by atoms with E-state index in [1.54, 1.807) is 23.7 Å². The number of rotatable bonds is 4. The number of fused-ring (bicyclic) bond motifs is 1. The standard InChI is InChI=1S/C18H19N5S/c1-12-11-24-16(20-12)10-23(2)18-14-4-3-5-15(14)21-17(22-18)13-6-8-19-9-7-13/h6-9,11H,3-5,10H2,1-2H3. The maximum absolute atomic E-state index is 4.88.